The van der Waals surface area contributed by atoms with Crippen LogP contribution < -0.4 is 9.64 Å². The molecule has 0 spiro atoms. The molecule has 0 bridgehead atoms. The molecule has 3 unspecified atom stereocenters. The van der Waals surface area contributed by atoms with E-state index in [0.29, 0.717) is 42.3 Å². The first kappa shape index (κ1) is 32.1. The minimum absolute atomic E-state index is 0.00919. The summed E-state index contributed by atoms with van der Waals surface area (Å²) >= 11 is 0. The van der Waals surface area contributed by atoms with E-state index in [0.717, 1.165) is 25.8 Å². The van der Waals surface area contributed by atoms with Crippen molar-refractivity contribution in [2.24, 2.45) is 0 Å². The molecule has 0 radical (unpaired) electrons. The SMILES string of the molecule is C#Cc1c(F)ccc2cc(O)cc(-c3ncc4c(N5CCCC(P(C)(C)=O)C5)nc(OC)nc4c3F)c12.FC1CC2CCCN2C1. The van der Waals surface area contributed by atoms with E-state index in [2.05, 4.69) is 25.8 Å². The number of phenolic OH excluding ortho intramolecular Hbond substituents is 1. The molecule has 2 aromatic heterocycles. The lowest BCUT2D eigenvalue weighted by atomic mass is 9.96. The van der Waals surface area contributed by atoms with E-state index in [-0.39, 0.29) is 45.1 Å². The molecular weight excluding hydrogens is 614 g/mol. The van der Waals surface area contributed by atoms with Crippen LogP contribution in [0.5, 0.6) is 11.8 Å². The van der Waals surface area contributed by atoms with Gasteiger partial charge in [0, 0.05) is 48.5 Å². The molecule has 3 fully saturated rings. The van der Waals surface area contributed by atoms with Gasteiger partial charge in [0.15, 0.2) is 5.82 Å². The minimum atomic E-state index is -2.35. The van der Waals surface area contributed by atoms with Crippen LogP contribution in [0.1, 0.15) is 37.7 Å². The number of aromatic hydroxyl groups is 1. The molecule has 0 aliphatic carbocycles. The van der Waals surface area contributed by atoms with Crippen LogP contribution in [0.2, 0.25) is 0 Å². The zero-order chi connectivity index (χ0) is 32.7. The molecule has 3 saturated heterocycles. The fourth-order valence-electron chi connectivity index (χ4n) is 6.98. The number of piperidine rings is 1. The number of pyridine rings is 1. The Morgan fingerprint density at radius 1 is 1.11 bits per heavy atom. The van der Waals surface area contributed by atoms with Crippen molar-refractivity contribution in [3.05, 3.63) is 47.7 Å². The van der Waals surface area contributed by atoms with E-state index >= 15 is 4.39 Å². The van der Waals surface area contributed by atoms with E-state index in [1.54, 1.807) is 13.3 Å². The van der Waals surface area contributed by atoms with Crippen molar-refractivity contribution in [3.63, 3.8) is 0 Å². The smallest absolute Gasteiger partial charge is 0.318 e. The monoisotopic (exact) mass is 651 g/mol. The van der Waals surface area contributed by atoms with Gasteiger partial charge in [0.05, 0.1) is 25.2 Å². The Morgan fingerprint density at radius 2 is 1.89 bits per heavy atom. The molecule has 1 N–H and O–H groups in total. The maximum atomic E-state index is 16.2. The molecule has 0 saturated carbocycles. The second kappa shape index (κ2) is 12.7. The number of fused-ring (bicyclic) bond motifs is 3. The standard InChI is InChI=1S/C27H25F2N4O3P.C7H12FN/c1-5-18-21(28)9-8-15-11-16(34)12-19(22(15)18)24-23(29)25-20(13-30-24)26(32-27(31-25)36-2)33-10-6-7-17(14-33)37(3,4)35;8-6-4-7-2-1-3-9(7)5-6/h1,8-9,11-13,17,34H,6-7,10,14H2,2-4H3;6-7H,1-5H2. The van der Waals surface area contributed by atoms with Crippen molar-refractivity contribution < 1.29 is 27.6 Å². The van der Waals surface area contributed by atoms with Crippen LogP contribution in [0.3, 0.4) is 0 Å². The maximum Gasteiger partial charge on any atom is 0.318 e. The van der Waals surface area contributed by atoms with Crippen molar-refractivity contribution in [1.29, 1.82) is 0 Å². The summed E-state index contributed by atoms with van der Waals surface area (Å²) in [6, 6.07) is 5.97. The number of hydrogen-bond donors (Lipinski definition) is 1. The predicted octanol–water partition coefficient (Wildman–Crippen LogP) is 6.60. The third-order valence-corrected chi connectivity index (χ3v) is 11.5. The predicted molar refractivity (Wildman–Crippen MR) is 175 cm³/mol. The number of rotatable bonds is 4. The molecular formula is C34H37F3N5O3P. The number of anilines is 1. The third kappa shape index (κ3) is 6.13. The van der Waals surface area contributed by atoms with Crippen LogP contribution in [0.15, 0.2) is 30.5 Å². The van der Waals surface area contributed by atoms with Crippen LogP contribution >= 0.6 is 7.14 Å². The largest absolute Gasteiger partial charge is 0.508 e. The molecule has 5 heterocycles. The first-order valence-corrected chi connectivity index (χ1v) is 18.2. The lowest BCUT2D eigenvalue weighted by Gasteiger charge is -2.35. The lowest BCUT2D eigenvalue weighted by Crippen LogP contribution is -2.38. The van der Waals surface area contributed by atoms with Gasteiger partial charge in [0.2, 0.25) is 0 Å². The molecule has 2 aromatic carbocycles. The highest BCUT2D eigenvalue weighted by molar-refractivity contribution is 7.63. The van der Waals surface area contributed by atoms with E-state index in [1.165, 1.54) is 50.4 Å². The Kier molecular flexibility index (Phi) is 8.88. The molecule has 242 valence electrons. The van der Waals surface area contributed by atoms with E-state index in [9.17, 15) is 18.5 Å². The summed E-state index contributed by atoms with van der Waals surface area (Å²) in [5.74, 6) is 1.19. The van der Waals surface area contributed by atoms with Crippen molar-refractivity contribution in [1.82, 2.24) is 19.9 Å². The number of terminal acetylenes is 1. The number of ether oxygens (including phenoxy) is 1. The summed E-state index contributed by atoms with van der Waals surface area (Å²) in [4.78, 5) is 17.4. The van der Waals surface area contributed by atoms with Gasteiger partial charge in [-0.15, -0.1) is 6.42 Å². The normalized spacial score (nSPS) is 21.6. The Morgan fingerprint density at radius 3 is 2.61 bits per heavy atom. The van der Waals surface area contributed by atoms with Gasteiger partial charge in [0.1, 0.15) is 34.8 Å². The fraction of sp³-hybridized carbons (Fsp3) is 0.441. The number of halogens is 3. The van der Waals surface area contributed by atoms with Crippen LogP contribution in [-0.4, -0.2) is 89.4 Å². The average molecular weight is 652 g/mol. The Hall–Kier alpha value is -3.87. The molecule has 12 heteroatoms. The molecule has 0 amide bonds. The second-order valence-electron chi connectivity index (χ2n) is 12.7. The number of aromatic nitrogens is 3. The van der Waals surface area contributed by atoms with Crippen molar-refractivity contribution >= 4 is 34.6 Å². The summed E-state index contributed by atoms with van der Waals surface area (Å²) in [6.45, 7) is 6.57. The molecule has 46 heavy (non-hydrogen) atoms. The zero-order valence-electron chi connectivity index (χ0n) is 26.1. The van der Waals surface area contributed by atoms with Gasteiger partial charge in [0.25, 0.3) is 0 Å². The summed E-state index contributed by atoms with van der Waals surface area (Å²) in [5, 5.41) is 11.4. The minimum Gasteiger partial charge on any atom is -0.508 e. The van der Waals surface area contributed by atoms with E-state index < -0.39 is 24.9 Å². The second-order valence-corrected chi connectivity index (χ2v) is 16.3. The van der Waals surface area contributed by atoms with Gasteiger partial charge in [-0.25, -0.2) is 13.2 Å². The average Bonchev–Trinajstić information content (AvgIpc) is 3.61. The molecule has 3 aliphatic heterocycles. The molecule has 3 atom stereocenters. The van der Waals surface area contributed by atoms with Gasteiger partial charge in [-0.2, -0.15) is 9.97 Å². The number of alkyl halides is 1. The van der Waals surface area contributed by atoms with Crippen LogP contribution in [0.25, 0.3) is 32.9 Å². The zero-order valence-corrected chi connectivity index (χ0v) is 27.0. The highest BCUT2D eigenvalue weighted by Gasteiger charge is 2.35. The molecule has 3 aliphatic rings. The number of benzene rings is 2. The van der Waals surface area contributed by atoms with E-state index in [1.807, 2.05) is 4.90 Å². The van der Waals surface area contributed by atoms with Crippen molar-refractivity contribution in [2.75, 3.05) is 51.5 Å². The van der Waals surface area contributed by atoms with Crippen LogP contribution in [-0.2, 0) is 4.57 Å². The van der Waals surface area contributed by atoms with Gasteiger partial charge in [-0.1, -0.05) is 12.0 Å². The molecule has 4 aromatic rings. The Balaban J connectivity index is 0.000000352. The first-order valence-electron chi connectivity index (χ1n) is 15.5. The Bertz CT molecular complexity index is 1880. The summed E-state index contributed by atoms with van der Waals surface area (Å²) < 4.78 is 61.4. The Labute approximate surface area is 266 Å². The van der Waals surface area contributed by atoms with Gasteiger partial charge in [-0.05, 0) is 75.6 Å². The van der Waals surface area contributed by atoms with Crippen LogP contribution in [0, 0.1) is 24.0 Å². The van der Waals surface area contributed by atoms with Crippen LogP contribution in [0.4, 0.5) is 19.0 Å². The summed E-state index contributed by atoms with van der Waals surface area (Å²) in [5.41, 5.74) is -0.120. The highest BCUT2D eigenvalue weighted by Crippen LogP contribution is 2.47. The van der Waals surface area contributed by atoms with Gasteiger partial charge < -0.3 is 19.3 Å². The fourth-order valence-corrected chi connectivity index (χ4v) is 8.37. The highest BCUT2D eigenvalue weighted by atomic mass is 31.2. The third-order valence-electron chi connectivity index (χ3n) is 9.31. The topological polar surface area (TPSA) is 91.7 Å². The molecule has 7 rings (SSSR count). The van der Waals surface area contributed by atoms with Gasteiger partial charge in [-0.3, -0.25) is 9.88 Å². The maximum absolute atomic E-state index is 16.2. The van der Waals surface area contributed by atoms with E-state index in [4.69, 9.17) is 11.2 Å². The number of nitrogens with zero attached hydrogens (tertiary/aromatic N) is 5. The van der Waals surface area contributed by atoms with Gasteiger partial charge >= 0.3 is 6.01 Å². The van der Waals surface area contributed by atoms with Crippen molar-refractivity contribution in [2.45, 2.75) is 50.0 Å². The number of phenols is 1. The number of hydrogen-bond acceptors (Lipinski definition) is 8. The molecule has 8 nitrogen and oxygen atoms in total. The first-order chi connectivity index (χ1) is 22.0. The summed E-state index contributed by atoms with van der Waals surface area (Å²) in [6.07, 6.45) is 11.5. The van der Waals surface area contributed by atoms with Crippen molar-refractivity contribution in [3.8, 4) is 35.4 Å². The lowest BCUT2D eigenvalue weighted by molar-refractivity contribution is 0.292. The summed E-state index contributed by atoms with van der Waals surface area (Å²) in [7, 11) is -0.962. The number of methoxy groups -OCH3 is 1. The quantitative estimate of drug-likeness (QED) is 0.195.